The van der Waals surface area contributed by atoms with Crippen LogP contribution in [0.4, 0.5) is 5.69 Å². The number of nitriles is 1. The predicted octanol–water partition coefficient (Wildman–Crippen LogP) is 6.16. The van der Waals surface area contributed by atoms with Crippen LogP contribution in [0.2, 0.25) is 0 Å². The smallest absolute Gasteiger partial charge is 0.315 e. The van der Waals surface area contributed by atoms with E-state index in [4.69, 9.17) is 9.47 Å². The molecule has 0 saturated carbocycles. The van der Waals surface area contributed by atoms with Crippen LogP contribution >= 0.6 is 11.3 Å². The molecule has 0 aliphatic carbocycles. The normalized spacial score (nSPS) is 11.2. The summed E-state index contributed by atoms with van der Waals surface area (Å²) in [6.07, 6.45) is 1.57. The van der Waals surface area contributed by atoms with Gasteiger partial charge in [0.1, 0.15) is 17.7 Å². The Balaban J connectivity index is 1.71. The molecule has 0 spiro atoms. The Hall–Kier alpha value is -4.22. The van der Waals surface area contributed by atoms with Gasteiger partial charge >= 0.3 is 5.69 Å². The van der Waals surface area contributed by atoms with E-state index in [0.29, 0.717) is 16.1 Å². The number of methoxy groups -OCH3 is 1. The van der Waals surface area contributed by atoms with E-state index in [0.717, 1.165) is 21.3 Å². The molecule has 4 aromatic rings. The number of nitro benzene ring substituents is 1. The topological polar surface area (TPSA) is 98.3 Å². The summed E-state index contributed by atoms with van der Waals surface area (Å²) in [6, 6.07) is 20.4. The Labute approximate surface area is 194 Å². The summed E-state index contributed by atoms with van der Waals surface area (Å²) in [5.41, 5.74) is 3.29. The van der Waals surface area contributed by atoms with E-state index in [9.17, 15) is 15.4 Å². The maximum atomic E-state index is 11.8. The van der Waals surface area contributed by atoms with Gasteiger partial charge in [-0.1, -0.05) is 42.0 Å². The molecule has 0 radical (unpaired) electrons. The van der Waals surface area contributed by atoms with E-state index in [1.165, 1.54) is 24.5 Å². The number of fused-ring (bicyclic) bond motifs is 1. The summed E-state index contributed by atoms with van der Waals surface area (Å²) in [5.74, 6) is 0.253. The molecule has 4 rings (SSSR count). The van der Waals surface area contributed by atoms with Crippen LogP contribution in [0.25, 0.3) is 21.9 Å². The zero-order valence-electron chi connectivity index (χ0n) is 17.9. The van der Waals surface area contributed by atoms with E-state index in [-0.39, 0.29) is 23.8 Å². The first-order valence-corrected chi connectivity index (χ1v) is 10.8. The average molecular weight is 458 g/mol. The Morgan fingerprint density at radius 1 is 1.21 bits per heavy atom. The molecular formula is C25H19N3O4S. The number of ether oxygens (including phenoxy) is 2. The van der Waals surface area contributed by atoms with Crippen molar-refractivity contribution >= 4 is 38.9 Å². The van der Waals surface area contributed by atoms with Crippen molar-refractivity contribution in [2.45, 2.75) is 13.5 Å². The first kappa shape index (κ1) is 22.0. The lowest BCUT2D eigenvalue weighted by atomic mass is 10.1. The Bertz CT molecular complexity index is 1370. The fraction of sp³-hybridized carbons (Fsp3) is 0.120. The zero-order valence-corrected chi connectivity index (χ0v) is 18.8. The van der Waals surface area contributed by atoms with Crippen molar-refractivity contribution in [1.82, 2.24) is 4.98 Å². The number of allylic oxidation sites excluding steroid dienone is 1. The second-order valence-electron chi connectivity index (χ2n) is 7.26. The fourth-order valence-electron chi connectivity index (χ4n) is 3.26. The maximum Gasteiger partial charge on any atom is 0.315 e. The summed E-state index contributed by atoms with van der Waals surface area (Å²) in [6.45, 7) is 2.14. The van der Waals surface area contributed by atoms with E-state index >= 15 is 0 Å². The molecule has 0 amide bonds. The number of nitrogens with zero attached hydrogens (tertiary/aromatic N) is 3. The van der Waals surface area contributed by atoms with Crippen molar-refractivity contribution < 1.29 is 14.4 Å². The van der Waals surface area contributed by atoms with E-state index in [1.54, 1.807) is 12.1 Å². The summed E-state index contributed by atoms with van der Waals surface area (Å²) < 4.78 is 12.1. The minimum Gasteiger partial charge on any atom is -0.493 e. The lowest BCUT2D eigenvalue weighted by Crippen LogP contribution is -2.02. The van der Waals surface area contributed by atoms with Crippen molar-refractivity contribution in [3.63, 3.8) is 0 Å². The molecular weight excluding hydrogens is 438 g/mol. The Kier molecular flexibility index (Phi) is 6.33. The average Bonchev–Trinajstić information content (AvgIpc) is 3.26. The van der Waals surface area contributed by atoms with Crippen LogP contribution in [0.1, 0.15) is 21.7 Å². The number of benzene rings is 3. The molecule has 1 heterocycles. The van der Waals surface area contributed by atoms with Crippen LogP contribution in [-0.4, -0.2) is 17.0 Å². The molecule has 0 fully saturated rings. The lowest BCUT2D eigenvalue weighted by molar-refractivity contribution is -0.386. The number of hydrogen-bond acceptors (Lipinski definition) is 7. The van der Waals surface area contributed by atoms with Crippen molar-refractivity contribution in [3.8, 4) is 17.6 Å². The van der Waals surface area contributed by atoms with E-state index < -0.39 is 4.92 Å². The second kappa shape index (κ2) is 9.51. The van der Waals surface area contributed by atoms with Crippen LogP contribution in [-0.2, 0) is 6.61 Å². The van der Waals surface area contributed by atoms with Gasteiger partial charge in [-0.15, -0.1) is 11.3 Å². The molecule has 3 aromatic carbocycles. The first-order valence-electron chi connectivity index (χ1n) is 10.0. The minimum atomic E-state index is -0.520. The van der Waals surface area contributed by atoms with E-state index in [1.807, 2.05) is 55.5 Å². The van der Waals surface area contributed by atoms with Crippen LogP contribution in [0, 0.1) is 28.4 Å². The van der Waals surface area contributed by atoms with Crippen molar-refractivity contribution in [1.29, 1.82) is 5.26 Å². The van der Waals surface area contributed by atoms with Crippen LogP contribution in [0.3, 0.4) is 0 Å². The van der Waals surface area contributed by atoms with Gasteiger partial charge in [0.25, 0.3) is 0 Å². The standard InChI is InChI=1S/C25H19N3O4S/c1-16-7-9-17(10-8-16)15-32-24-21(28(29)30)12-18(13-22(24)31-2)11-19(14-26)25-27-20-5-3-4-6-23(20)33-25/h3-13H,15H2,1-2H3/b19-11-. The lowest BCUT2D eigenvalue weighted by Gasteiger charge is -2.12. The molecule has 0 aliphatic heterocycles. The zero-order chi connectivity index (χ0) is 23.4. The summed E-state index contributed by atoms with van der Waals surface area (Å²) >= 11 is 1.39. The highest BCUT2D eigenvalue weighted by Crippen LogP contribution is 2.40. The van der Waals surface area contributed by atoms with Gasteiger partial charge in [0.15, 0.2) is 5.75 Å². The number of para-hydroxylation sites is 1. The molecule has 0 N–H and O–H groups in total. The van der Waals surface area contributed by atoms with Crippen molar-refractivity contribution in [3.05, 3.63) is 92.5 Å². The SMILES string of the molecule is COc1cc(/C=C(/C#N)c2nc3ccccc3s2)cc([N+](=O)[O-])c1OCc1ccc(C)cc1. The molecule has 1 aromatic heterocycles. The number of thiazole rings is 1. The van der Waals surface area contributed by atoms with Gasteiger partial charge in [-0.2, -0.15) is 5.26 Å². The number of rotatable bonds is 7. The number of aryl methyl sites for hydroxylation is 1. The minimum absolute atomic E-state index is 0.0405. The quantitative estimate of drug-likeness (QED) is 0.187. The molecule has 8 heteroatoms. The summed E-state index contributed by atoms with van der Waals surface area (Å²) in [5, 5.41) is 22.1. The monoisotopic (exact) mass is 457 g/mol. The van der Waals surface area contributed by atoms with Crippen LogP contribution in [0.15, 0.2) is 60.7 Å². The second-order valence-corrected chi connectivity index (χ2v) is 8.29. The fourth-order valence-corrected chi connectivity index (χ4v) is 4.19. The summed E-state index contributed by atoms with van der Waals surface area (Å²) in [7, 11) is 1.42. The largest absolute Gasteiger partial charge is 0.493 e. The highest BCUT2D eigenvalue weighted by Gasteiger charge is 2.22. The van der Waals surface area contributed by atoms with Crippen molar-refractivity contribution in [2.24, 2.45) is 0 Å². The third-order valence-corrected chi connectivity index (χ3v) is 6.00. The number of hydrogen-bond donors (Lipinski definition) is 0. The van der Waals surface area contributed by atoms with Crippen LogP contribution in [0.5, 0.6) is 11.5 Å². The highest BCUT2D eigenvalue weighted by molar-refractivity contribution is 7.19. The molecule has 164 valence electrons. The highest BCUT2D eigenvalue weighted by atomic mass is 32.1. The van der Waals surface area contributed by atoms with Gasteiger partial charge < -0.3 is 9.47 Å². The van der Waals surface area contributed by atoms with Gasteiger partial charge in [0, 0.05) is 6.07 Å². The van der Waals surface area contributed by atoms with Gasteiger partial charge in [-0.05, 0) is 42.3 Å². The third kappa shape index (κ3) is 4.84. The van der Waals surface area contributed by atoms with Gasteiger partial charge in [-0.25, -0.2) is 4.98 Å². The third-order valence-electron chi connectivity index (χ3n) is 4.93. The number of aromatic nitrogens is 1. The molecule has 0 atom stereocenters. The molecule has 0 saturated heterocycles. The van der Waals surface area contributed by atoms with Gasteiger partial charge in [0.05, 0.1) is 27.8 Å². The molecule has 33 heavy (non-hydrogen) atoms. The molecule has 0 bridgehead atoms. The maximum absolute atomic E-state index is 11.8. The predicted molar refractivity (Wildman–Crippen MR) is 128 cm³/mol. The molecule has 7 nitrogen and oxygen atoms in total. The van der Waals surface area contributed by atoms with Gasteiger partial charge in [-0.3, -0.25) is 10.1 Å². The molecule has 0 aliphatic rings. The van der Waals surface area contributed by atoms with E-state index in [2.05, 4.69) is 11.1 Å². The number of nitro groups is 1. The van der Waals surface area contributed by atoms with Gasteiger partial charge in [0.2, 0.25) is 5.75 Å². The van der Waals surface area contributed by atoms with Crippen molar-refractivity contribution in [2.75, 3.05) is 7.11 Å². The Morgan fingerprint density at radius 3 is 2.64 bits per heavy atom. The van der Waals surface area contributed by atoms with Crippen LogP contribution < -0.4 is 9.47 Å². The first-order chi connectivity index (χ1) is 16.0. The Morgan fingerprint density at radius 2 is 1.97 bits per heavy atom. The summed E-state index contributed by atoms with van der Waals surface area (Å²) in [4.78, 5) is 15.8. The molecule has 0 unspecified atom stereocenters.